The van der Waals surface area contributed by atoms with Gasteiger partial charge in [-0.15, -0.1) is 0 Å². The van der Waals surface area contributed by atoms with Crippen LogP contribution in [0.15, 0.2) is 72.8 Å². The number of nitriles is 1. The molecule has 0 aliphatic heterocycles. The summed E-state index contributed by atoms with van der Waals surface area (Å²) < 4.78 is 5.79. The van der Waals surface area contributed by atoms with Gasteiger partial charge in [-0.1, -0.05) is 42.0 Å². The molecule has 0 bridgehead atoms. The van der Waals surface area contributed by atoms with Crippen LogP contribution in [-0.4, -0.2) is 4.92 Å². The van der Waals surface area contributed by atoms with Crippen LogP contribution in [0.1, 0.15) is 22.3 Å². The molecule has 138 valence electrons. The number of nitrogens with zero attached hydrogens (tertiary/aromatic N) is 2. The number of rotatable bonds is 6. The highest BCUT2D eigenvalue weighted by molar-refractivity contribution is 5.89. The van der Waals surface area contributed by atoms with Crippen LogP contribution in [0.5, 0.6) is 5.75 Å². The Bertz CT molecular complexity index is 1050. The highest BCUT2D eigenvalue weighted by Gasteiger charge is 2.05. The molecule has 0 heterocycles. The van der Waals surface area contributed by atoms with Crippen LogP contribution < -0.4 is 4.74 Å². The fourth-order valence-electron chi connectivity index (χ4n) is 2.65. The van der Waals surface area contributed by atoms with Gasteiger partial charge in [0.05, 0.1) is 16.6 Å². The van der Waals surface area contributed by atoms with E-state index < -0.39 is 4.92 Å². The quantitative estimate of drug-likeness (QED) is 0.247. The third kappa shape index (κ3) is 4.83. The van der Waals surface area contributed by atoms with Crippen LogP contribution >= 0.6 is 0 Å². The van der Waals surface area contributed by atoms with Gasteiger partial charge in [0.15, 0.2) is 0 Å². The average molecular weight is 370 g/mol. The van der Waals surface area contributed by atoms with Crippen molar-refractivity contribution in [2.75, 3.05) is 0 Å². The third-order valence-corrected chi connectivity index (χ3v) is 4.20. The van der Waals surface area contributed by atoms with Crippen LogP contribution in [0.4, 0.5) is 5.69 Å². The van der Waals surface area contributed by atoms with E-state index in [9.17, 15) is 15.4 Å². The number of hydrogen-bond acceptors (Lipinski definition) is 4. The summed E-state index contributed by atoms with van der Waals surface area (Å²) in [5.74, 6) is 0.660. The van der Waals surface area contributed by atoms with Crippen molar-refractivity contribution >= 4 is 17.3 Å². The van der Waals surface area contributed by atoms with E-state index in [2.05, 4.69) is 6.07 Å². The van der Waals surface area contributed by atoms with Crippen LogP contribution in [0.25, 0.3) is 11.6 Å². The number of ether oxygens (including phenoxy) is 1. The average Bonchev–Trinajstić information content (AvgIpc) is 2.72. The first-order valence-corrected chi connectivity index (χ1v) is 8.70. The standard InChI is InChI=1S/C23H18N2O3/c1-17-5-9-20(10-6-17)21(15-24)13-19-3-2-4-23(14-19)28-16-18-7-11-22(12-8-18)25(26)27/h2-14H,16H2,1H3/b21-13+. The summed E-state index contributed by atoms with van der Waals surface area (Å²) in [4.78, 5) is 10.3. The summed E-state index contributed by atoms with van der Waals surface area (Å²) in [5, 5.41) is 20.2. The molecular formula is C23H18N2O3. The van der Waals surface area contributed by atoms with Crippen LogP contribution in [-0.2, 0) is 6.61 Å². The lowest BCUT2D eigenvalue weighted by atomic mass is 10.0. The van der Waals surface area contributed by atoms with Gasteiger partial charge in [0, 0.05) is 12.1 Å². The predicted molar refractivity (Wildman–Crippen MR) is 109 cm³/mol. The first kappa shape index (κ1) is 18.9. The molecule has 0 unspecified atom stereocenters. The molecule has 0 radical (unpaired) electrons. The van der Waals surface area contributed by atoms with Crippen molar-refractivity contribution in [3.8, 4) is 11.8 Å². The molecule has 28 heavy (non-hydrogen) atoms. The monoisotopic (exact) mass is 370 g/mol. The van der Waals surface area contributed by atoms with Gasteiger partial charge in [0.1, 0.15) is 12.4 Å². The van der Waals surface area contributed by atoms with Gasteiger partial charge in [-0.2, -0.15) is 5.26 Å². The molecule has 0 amide bonds. The third-order valence-electron chi connectivity index (χ3n) is 4.20. The molecule has 0 saturated heterocycles. The molecule has 0 atom stereocenters. The van der Waals surface area contributed by atoms with E-state index in [0.717, 1.165) is 22.3 Å². The van der Waals surface area contributed by atoms with Gasteiger partial charge in [0.25, 0.3) is 5.69 Å². The Balaban J connectivity index is 1.73. The fraction of sp³-hybridized carbons (Fsp3) is 0.0870. The maximum absolute atomic E-state index is 10.7. The fourth-order valence-corrected chi connectivity index (χ4v) is 2.65. The number of nitro benzene ring substituents is 1. The van der Waals surface area contributed by atoms with E-state index in [1.807, 2.05) is 61.5 Å². The van der Waals surface area contributed by atoms with Gasteiger partial charge in [-0.25, -0.2) is 0 Å². The van der Waals surface area contributed by atoms with Crippen LogP contribution in [0.2, 0.25) is 0 Å². The van der Waals surface area contributed by atoms with Crippen molar-refractivity contribution in [1.29, 1.82) is 5.26 Å². The zero-order chi connectivity index (χ0) is 19.9. The van der Waals surface area contributed by atoms with Crippen molar-refractivity contribution in [3.63, 3.8) is 0 Å². The van der Waals surface area contributed by atoms with Crippen LogP contribution in [0.3, 0.4) is 0 Å². The number of allylic oxidation sites excluding steroid dienone is 1. The van der Waals surface area contributed by atoms with Crippen molar-refractivity contribution in [3.05, 3.63) is 105 Å². The lowest BCUT2D eigenvalue weighted by Gasteiger charge is -2.07. The summed E-state index contributed by atoms with van der Waals surface area (Å²) in [6.07, 6.45) is 1.82. The van der Waals surface area contributed by atoms with Gasteiger partial charge >= 0.3 is 0 Å². The number of non-ortho nitro benzene ring substituents is 1. The SMILES string of the molecule is Cc1ccc(/C(C#N)=C/c2cccc(OCc3ccc([N+](=O)[O-])cc3)c2)cc1. The smallest absolute Gasteiger partial charge is 0.269 e. The molecule has 3 aromatic carbocycles. The Morgan fingerprint density at radius 1 is 1.11 bits per heavy atom. The van der Waals surface area contributed by atoms with Gasteiger partial charge in [-0.05, 0) is 54.0 Å². The molecule has 5 nitrogen and oxygen atoms in total. The van der Waals surface area contributed by atoms with Crippen molar-refractivity contribution < 1.29 is 9.66 Å². The minimum Gasteiger partial charge on any atom is -0.489 e. The zero-order valence-electron chi connectivity index (χ0n) is 15.3. The zero-order valence-corrected chi connectivity index (χ0v) is 15.3. The highest BCUT2D eigenvalue weighted by Crippen LogP contribution is 2.22. The number of nitro groups is 1. The Labute approximate surface area is 163 Å². The van der Waals surface area contributed by atoms with E-state index in [1.165, 1.54) is 12.1 Å². The number of hydrogen-bond donors (Lipinski definition) is 0. The van der Waals surface area contributed by atoms with E-state index in [0.29, 0.717) is 17.9 Å². The number of aryl methyl sites for hydroxylation is 1. The van der Waals surface area contributed by atoms with E-state index in [4.69, 9.17) is 4.74 Å². The molecule has 3 aromatic rings. The lowest BCUT2D eigenvalue weighted by Crippen LogP contribution is -1.96. The molecule has 5 heteroatoms. The lowest BCUT2D eigenvalue weighted by molar-refractivity contribution is -0.384. The maximum Gasteiger partial charge on any atom is 0.269 e. The summed E-state index contributed by atoms with van der Waals surface area (Å²) in [5.41, 5.74) is 4.33. The second-order valence-corrected chi connectivity index (χ2v) is 6.32. The van der Waals surface area contributed by atoms with Crippen molar-refractivity contribution in [2.45, 2.75) is 13.5 Å². The van der Waals surface area contributed by atoms with E-state index in [1.54, 1.807) is 12.1 Å². The molecule has 0 N–H and O–H groups in total. The summed E-state index contributed by atoms with van der Waals surface area (Å²) in [6.45, 7) is 2.31. The summed E-state index contributed by atoms with van der Waals surface area (Å²) >= 11 is 0. The number of benzene rings is 3. The van der Waals surface area contributed by atoms with E-state index in [-0.39, 0.29) is 5.69 Å². The molecular weight excluding hydrogens is 352 g/mol. The Kier molecular flexibility index (Phi) is 5.83. The molecule has 0 fully saturated rings. The van der Waals surface area contributed by atoms with Gasteiger partial charge in [-0.3, -0.25) is 10.1 Å². The minimum atomic E-state index is -0.429. The first-order valence-electron chi connectivity index (χ1n) is 8.70. The Morgan fingerprint density at radius 2 is 1.82 bits per heavy atom. The molecule has 3 rings (SSSR count). The second-order valence-electron chi connectivity index (χ2n) is 6.32. The largest absolute Gasteiger partial charge is 0.489 e. The topological polar surface area (TPSA) is 76.2 Å². The maximum atomic E-state index is 10.7. The van der Waals surface area contributed by atoms with Crippen LogP contribution in [0, 0.1) is 28.4 Å². The Morgan fingerprint density at radius 3 is 2.46 bits per heavy atom. The second kappa shape index (κ2) is 8.65. The van der Waals surface area contributed by atoms with Crippen molar-refractivity contribution in [1.82, 2.24) is 0 Å². The Hall–Kier alpha value is -3.91. The molecule has 0 spiro atoms. The van der Waals surface area contributed by atoms with E-state index >= 15 is 0 Å². The molecule has 0 saturated carbocycles. The molecule has 0 aliphatic rings. The first-order chi connectivity index (χ1) is 13.5. The summed E-state index contributed by atoms with van der Waals surface area (Å²) in [6, 6.07) is 23.8. The summed E-state index contributed by atoms with van der Waals surface area (Å²) in [7, 11) is 0. The highest BCUT2D eigenvalue weighted by atomic mass is 16.6. The minimum absolute atomic E-state index is 0.0519. The molecule has 0 aromatic heterocycles. The van der Waals surface area contributed by atoms with Crippen molar-refractivity contribution in [2.24, 2.45) is 0 Å². The van der Waals surface area contributed by atoms with Gasteiger partial charge in [0.2, 0.25) is 0 Å². The van der Waals surface area contributed by atoms with Gasteiger partial charge < -0.3 is 4.74 Å². The molecule has 0 aliphatic carbocycles. The normalized spacial score (nSPS) is 10.9. The predicted octanol–water partition coefficient (Wildman–Crippen LogP) is 5.55.